The molecular weight excluding hydrogens is 254 g/mol. The summed E-state index contributed by atoms with van der Waals surface area (Å²) in [6.07, 6.45) is 15.3. The summed E-state index contributed by atoms with van der Waals surface area (Å²) in [4.78, 5) is 0. The smallest absolute Gasteiger partial charge is 0.205 e. The van der Waals surface area contributed by atoms with Gasteiger partial charge in [0.15, 0.2) is 0 Å². The van der Waals surface area contributed by atoms with Gasteiger partial charge in [-0.15, -0.1) is 10.2 Å². The molecule has 0 spiro atoms. The van der Waals surface area contributed by atoms with Crippen LogP contribution in [0.3, 0.4) is 0 Å². The van der Waals surface area contributed by atoms with E-state index in [9.17, 15) is 0 Å². The number of nitrogens with one attached hydrogen (secondary N) is 1. The van der Waals surface area contributed by atoms with Gasteiger partial charge in [0.1, 0.15) is 5.01 Å². The molecule has 2 rings (SSSR count). The molecule has 0 aromatic carbocycles. The largest absolute Gasteiger partial charge is 0.357 e. The highest BCUT2D eigenvalue weighted by molar-refractivity contribution is 7.15. The lowest BCUT2D eigenvalue weighted by atomic mass is 9.98. The van der Waals surface area contributed by atoms with E-state index in [0.717, 1.165) is 10.1 Å². The molecule has 0 amide bonds. The maximum absolute atomic E-state index is 4.20. The van der Waals surface area contributed by atoms with Crippen LogP contribution in [0.1, 0.15) is 75.6 Å². The Labute approximate surface area is 121 Å². The van der Waals surface area contributed by atoms with E-state index in [1.807, 2.05) is 6.92 Å². The molecule has 108 valence electrons. The Kier molecular flexibility index (Phi) is 6.62. The van der Waals surface area contributed by atoms with Gasteiger partial charge in [-0.25, -0.2) is 0 Å². The fraction of sp³-hybridized carbons (Fsp3) is 0.867. The lowest BCUT2D eigenvalue weighted by Crippen LogP contribution is -2.19. The van der Waals surface area contributed by atoms with E-state index in [-0.39, 0.29) is 0 Å². The van der Waals surface area contributed by atoms with E-state index in [0.29, 0.717) is 6.04 Å². The van der Waals surface area contributed by atoms with E-state index < -0.39 is 0 Å². The van der Waals surface area contributed by atoms with Crippen molar-refractivity contribution in [1.82, 2.24) is 10.2 Å². The molecule has 0 bridgehead atoms. The number of hydrogen-bond donors (Lipinski definition) is 1. The zero-order valence-corrected chi connectivity index (χ0v) is 13.0. The van der Waals surface area contributed by atoms with Gasteiger partial charge in [0.05, 0.1) is 0 Å². The Bertz CT molecular complexity index is 339. The lowest BCUT2D eigenvalue weighted by Gasteiger charge is -2.18. The Morgan fingerprint density at radius 3 is 1.84 bits per heavy atom. The van der Waals surface area contributed by atoms with Crippen LogP contribution in [0.5, 0.6) is 0 Å². The number of rotatable bonds is 2. The van der Waals surface area contributed by atoms with Crippen molar-refractivity contribution in [2.24, 2.45) is 0 Å². The minimum absolute atomic E-state index is 0.603. The van der Waals surface area contributed by atoms with Crippen molar-refractivity contribution in [2.45, 2.75) is 83.6 Å². The number of hydrogen-bond acceptors (Lipinski definition) is 4. The Balaban J connectivity index is 1.80. The molecule has 1 aliphatic carbocycles. The SMILES string of the molecule is Cc1nnc(NC2CCCCCCCCCCC2)s1. The van der Waals surface area contributed by atoms with Crippen LogP contribution >= 0.6 is 11.3 Å². The number of aryl methyl sites for hydroxylation is 1. The van der Waals surface area contributed by atoms with Crippen molar-refractivity contribution >= 4 is 16.5 Å². The highest BCUT2D eigenvalue weighted by Crippen LogP contribution is 2.21. The average Bonchev–Trinajstić information content (AvgIpc) is 2.78. The fourth-order valence-electron chi connectivity index (χ4n) is 2.84. The first-order valence-corrected chi connectivity index (χ1v) is 8.73. The second-order valence-electron chi connectivity index (χ2n) is 5.73. The molecule has 1 aliphatic rings. The van der Waals surface area contributed by atoms with Crippen molar-refractivity contribution in [3.05, 3.63) is 5.01 Å². The summed E-state index contributed by atoms with van der Waals surface area (Å²) >= 11 is 1.68. The summed E-state index contributed by atoms with van der Waals surface area (Å²) in [5.41, 5.74) is 0. The third-order valence-electron chi connectivity index (χ3n) is 3.96. The fourth-order valence-corrected chi connectivity index (χ4v) is 3.51. The summed E-state index contributed by atoms with van der Waals surface area (Å²) < 4.78 is 0. The van der Waals surface area contributed by atoms with Gasteiger partial charge in [-0.1, -0.05) is 69.1 Å². The van der Waals surface area contributed by atoms with Gasteiger partial charge in [0, 0.05) is 6.04 Å². The first-order chi connectivity index (χ1) is 9.34. The van der Waals surface area contributed by atoms with E-state index in [1.54, 1.807) is 11.3 Å². The summed E-state index contributed by atoms with van der Waals surface area (Å²) in [6, 6.07) is 0.603. The lowest BCUT2D eigenvalue weighted by molar-refractivity contribution is 0.480. The summed E-state index contributed by atoms with van der Waals surface area (Å²) in [7, 11) is 0. The first kappa shape index (κ1) is 14.8. The predicted molar refractivity (Wildman–Crippen MR) is 82.8 cm³/mol. The Morgan fingerprint density at radius 2 is 1.37 bits per heavy atom. The number of aromatic nitrogens is 2. The van der Waals surface area contributed by atoms with Gasteiger partial charge in [-0.05, 0) is 19.8 Å². The van der Waals surface area contributed by atoms with Crippen LogP contribution in [0.2, 0.25) is 0 Å². The molecular formula is C15H27N3S. The molecule has 0 atom stereocenters. The molecule has 0 aliphatic heterocycles. The molecule has 1 N–H and O–H groups in total. The molecule has 3 nitrogen and oxygen atoms in total. The standard InChI is InChI=1S/C15H27N3S/c1-13-17-18-15(19-13)16-14-11-9-7-5-3-2-4-6-8-10-12-14/h14H,2-12H2,1H3,(H,16,18). The molecule has 4 heteroatoms. The van der Waals surface area contributed by atoms with Crippen LogP contribution in [0.4, 0.5) is 5.13 Å². The van der Waals surface area contributed by atoms with Crippen molar-refractivity contribution in [2.75, 3.05) is 5.32 Å². The molecule has 1 aromatic heterocycles. The van der Waals surface area contributed by atoms with Gasteiger partial charge in [-0.2, -0.15) is 0 Å². The summed E-state index contributed by atoms with van der Waals surface area (Å²) in [6.45, 7) is 2.02. The third kappa shape index (κ3) is 5.89. The van der Waals surface area contributed by atoms with Crippen molar-refractivity contribution in [3.8, 4) is 0 Å². The molecule has 0 radical (unpaired) electrons. The third-order valence-corrected chi connectivity index (χ3v) is 4.73. The van der Waals surface area contributed by atoms with Crippen molar-refractivity contribution in [3.63, 3.8) is 0 Å². The maximum Gasteiger partial charge on any atom is 0.205 e. The van der Waals surface area contributed by atoms with Crippen LogP contribution < -0.4 is 5.32 Å². The molecule has 0 saturated heterocycles. The molecule has 0 unspecified atom stereocenters. The molecule has 1 aromatic rings. The van der Waals surface area contributed by atoms with Crippen molar-refractivity contribution < 1.29 is 0 Å². The minimum Gasteiger partial charge on any atom is -0.357 e. The van der Waals surface area contributed by atoms with E-state index in [4.69, 9.17) is 0 Å². The first-order valence-electron chi connectivity index (χ1n) is 7.91. The van der Waals surface area contributed by atoms with Crippen LogP contribution in [0, 0.1) is 6.92 Å². The Hall–Kier alpha value is -0.640. The average molecular weight is 281 g/mol. The summed E-state index contributed by atoms with van der Waals surface area (Å²) in [5, 5.41) is 13.9. The van der Waals surface area contributed by atoms with Crippen LogP contribution in [-0.2, 0) is 0 Å². The Morgan fingerprint density at radius 1 is 0.842 bits per heavy atom. The van der Waals surface area contributed by atoms with Crippen LogP contribution in [0.25, 0.3) is 0 Å². The normalized spacial score (nSPS) is 20.5. The predicted octanol–water partition coefficient (Wildman–Crippen LogP) is 4.93. The minimum atomic E-state index is 0.603. The van der Waals surface area contributed by atoms with Crippen LogP contribution in [0.15, 0.2) is 0 Å². The maximum atomic E-state index is 4.20. The second kappa shape index (κ2) is 8.51. The molecule has 1 fully saturated rings. The highest BCUT2D eigenvalue weighted by Gasteiger charge is 2.11. The molecule has 19 heavy (non-hydrogen) atoms. The zero-order valence-electron chi connectivity index (χ0n) is 12.2. The number of anilines is 1. The molecule has 1 heterocycles. The van der Waals surface area contributed by atoms with Crippen molar-refractivity contribution in [1.29, 1.82) is 0 Å². The molecule has 1 saturated carbocycles. The van der Waals surface area contributed by atoms with E-state index in [2.05, 4.69) is 15.5 Å². The quantitative estimate of drug-likeness (QED) is 0.835. The van der Waals surface area contributed by atoms with Gasteiger partial charge < -0.3 is 5.32 Å². The highest BCUT2D eigenvalue weighted by atomic mass is 32.1. The summed E-state index contributed by atoms with van der Waals surface area (Å²) in [5.74, 6) is 0. The monoisotopic (exact) mass is 281 g/mol. The zero-order chi connectivity index (χ0) is 13.3. The van der Waals surface area contributed by atoms with Gasteiger partial charge in [-0.3, -0.25) is 0 Å². The second-order valence-corrected chi connectivity index (χ2v) is 6.91. The van der Waals surface area contributed by atoms with E-state index >= 15 is 0 Å². The van der Waals surface area contributed by atoms with Gasteiger partial charge in [0.2, 0.25) is 5.13 Å². The van der Waals surface area contributed by atoms with Gasteiger partial charge >= 0.3 is 0 Å². The topological polar surface area (TPSA) is 37.8 Å². The van der Waals surface area contributed by atoms with Gasteiger partial charge in [0.25, 0.3) is 0 Å². The van der Waals surface area contributed by atoms with E-state index in [1.165, 1.54) is 70.6 Å². The van der Waals surface area contributed by atoms with Crippen LogP contribution in [-0.4, -0.2) is 16.2 Å². The number of nitrogens with zero attached hydrogens (tertiary/aromatic N) is 2.